The number of nitrogens with one attached hydrogen (secondary N) is 1. The van der Waals surface area contributed by atoms with Crippen LogP contribution in [0, 0.1) is 23.7 Å². The average Bonchev–Trinajstić information content (AvgIpc) is 3.63. The Balaban J connectivity index is 1.14. The number of hydrogen-bond donors (Lipinski definition) is 1. The summed E-state index contributed by atoms with van der Waals surface area (Å²) in [7, 11) is 0. The molecule has 1 aliphatic heterocycles. The number of esters is 1. The minimum Gasteiger partial charge on any atom is -0.452 e. The van der Waals surface area contributed by atoms with Gasteiger partial charge < -0.3 is 10.1 Å². The highest BCUT2D eigenvalue weighted by atomic mass is 16.5. The Morgan fingerprint density at radius 3 is 2.44 bits per heavy atom. The summed E-state index contributed by atoms with van der Waals surface area (Å²) in [6.45, 7) is 1.55. The number of fused-ring (bicyclic) bond motifs is 5. The van der Waals surface area contributed by atoms with Crippen LogP contribution in [0.15, 0.2) is 78.9 Å². The monoisotopic (exact) mass is 522 g/mol. The standard InChI is InChI=1S/C32H30N2O5/c1-2-19-9-6-7-14-26(19)33-27(35)18-39-32(38)21-12-8-13-23(15-21)34-30(36)28-22-16-24(20-10-4-3-5-11-20)25(17-22)29(28)31(34)37/h3-15,22,24-25,28-29H,2,16-18H2,1H3,(H,33,35)/t22-,24+,25+,28+,29-/m0/s1. The molecular weight excluding hydrogens is 492 g/mol. The molecule has 198 valence electrons. The molecule has 2 bridgehead atoms. The van der Waals surface area contributed by atoms with E-state index >= 15 is 0 Å². The molecule has 0 spiro atoms. The van der Waals surface area contributed by atoms with E-state index in [-0.39, 0.29) is 47.0 Å². The van der Waals surface area contributed by atoms with Gasteiger partial charge in [0.15, 0.2) is 6.61 Å². The van der Waals surface area contributed by atoms with E-state index in [1.807, 2.05) is 43.3 Å². The zero-order chi connectivity index (χ0) is 27.1. The van der Waals surface area contributed by atoms with Crippen molar-refractivity contribution in [1.29, 1.82) is 0 Å². The second-order valence-corrected chi connectivity index (χ2v) is 10.7. The first-order chi connectivity index (χ1) is 19.0. The summed E-state index contributed by atoms with van der Waals surface area (Å²) in [5, 5.41) is 2.77. The van der Waals surface area contributed by atoms with E-state index in [0.29, 0.717) is 11.4 Å². The van der Waals surface area contributed by atoms with Gasteiger partial charge in [-0.1, -0.05) is 61.5 Å². The van der Waals surface area contributed by atoms with Crippen LogP contribution in [0.5, 0.6) is 0 Å². The van der Waals surface area contributed by atoms with Crippen LogP contribution in [0.1, 0.15) is 47.2 Å². The van der Waals surface area contributed by atoms with Gasteiger partial charge in [0, 0.05) is 5.69 Å². The lowest BCUT2D eigenvalue weighted by atomic mass is 9.73. The average molecular weight is 523 g/mol. The Morgan fingerprint density at radius 2 is 1.64 bits per heavy atom. The molecule has 0 radical (unpaired) electrons. The molecule has 3 aliphatic rings. The van der Waals surface area contributed by atoms with Gasteiger partial charge in [-0.25, -0.2) is 4.79 Å². The molecule has 2 aliphatic carbocycles. The fourth-order valence-corrected chi connectivity index (χ4v) is 6.92. The lowest BCUT2D eigenvalue weighted by molar-refractivity contribution is -0.123. The fraction of sp³-hybridized carbons (Fsp3) is 0.312. The van der Waals surface area contributed by atoms with E-state index in [0.717, 1.165) is 24.8 Å². The molecule has 7 nitrogen and oxygen atoms in total. The van der Waals surface area contributed by atoms with Gasteiger partial charge in [-0.05, 0) is 72.4 Å². The van der Waals surface area contributed by atoms with Crippen molar-refractivity contribution in [3.63, 3.8) is 0 Å². The molecule has 1 heterocycles. The Bertz CT molecular complexity index is 1450. The molecule has 3 fully saturated rings. The minimum atomic E-state index is -0.695. The molecule has 1 N–H and O–H groups in total. The Labute approximate surface area is 227 Å². The van der Waals surface area contributed by atoms with Crippen molar-refractivity contribution in [1.82, 2.24) is 0 Å². The summed E-state index contributed by atoms with van der Waals surface area (Å²) in [5.41, 5.74) is 3.44. The summed E-state index contributed by atoms with van der Waals surface area (Å²) in [6, 6.07) is 24.0. The molecule has 7 heteroatoms. The highest BCUT2D eigenvalue weighted by Gasteiger charge is 2.64. The molecule has 6 rings (SSSR count). The second-order valence-electron chi connectivity index (χ2n) is 10.7. The van der Waals surface area contributed by atoms with E-state index in [2.05, 4.69) is 17.4 Å². The van der Waals surface area contributed by atoms with E-state index < -0.39 is 18.5 Å². The van der Waals surface area contributed by atoms with Crippen molar-refractivity contribution in [3.05, 3.63) is 95.6 Å². The van der Waals surface area contributed by atoms with Crippen molar-refractivity contribution in [3.8, 4) is 0 Å². The van der Waals surface area contributed by atoms with Crippen LogP contribution in [0.4, 0.5) is 11.4 Å². The van der Waals surface area contributed by atoms with Crippen LogP contribution >= 0.6 is 0 Å². The molecule has 5 atom stereocenters. The molecule has 39 heavy (non-hydrogen) atoms. The molecule has 3 aromatic carbocycles. The normalized spacial score (nSPS) is 25.1. The molecule has 2 saturated carbocycles. The van der Waals surface area contributed by atoms with Gasteiger partial charge in [0.25, 0.3) is 5.91 Å². The quantitative estimate of drug-likeness (QED) is 0.349. The van der Waals surface area contributed by atoms with Gasteiger partial charge in [-0.15, -0.1) is 0 Å². The van der Waals surface area contributed by atoms with Crippen molar-refractivity contribution < 1.29 is 23.9 Å². The van der Waals surface area contributed by atoms with E-state index in [1.54, 1.807) is 24.3 Å². The van der Waals surface area contributed by atoms with Crippen LogP contribution in [0.2, 0.25) is 0 Å². The van der Waals surface area contributed by atoms with E-state index in [4.69, 9.17) is 4.74 Å². The minimum absolute atomic E-state index is 0.147. The number of ether oxygens (including phenoxy) is 1. The number of rotatable bonds is 7. The number of para-hydroxylation sites is 1. The summed E-state index contributed by atoms with van der Waals surface area (Å²) >= 11 is 0. The van der Waals surface area contributed by atoms with Gasteiger partial charge >= 0.3 is 5.97 Å². The number of carbonyl (C=O) groups is 4. The van der Waals surface area contributed by atoms with Crippen LogP contribution in [0.3, 0.4) is 0 Å². The zero-order valence-corrected chi connectivity index (χ0v) is 21.7. The molecule has 0 aromatic heterocycles. The molecule has 3 aromatic rings. The number of imide groups is 1. The van der Waals surface area contributed by atoms with Gasteiger partial charge in [0.05, 0.1) is 23.1 Å². The third kappa shape index (κ3) is 4.42. The maximum absolute atomic E-state index is 13.6. The van der Waals surface area contributed by atoms with Crippen LogP contribution in [-0.4, -0.2) is 30.3 Å². The van der Waals surface area contributed by atoms with Crippen LogP contribution in [0.25, 0.3) is 0 Å². The first-order valence-electron chi connectivity index (χ1n) is 13.5. The molecular formula is C32H30N2O5. The van der Waals surface area contributed by atoms with Crippen molar-refractivity contribution >= 4 is 35.1 Å². The topological polar surface area (TPSA) is 92.8 Å². The predicted molar refractivity (Wildman–Crippen MR) is 146 cm³/mol. The number of anilines is 2. The van der Waals surface area contributed by atoms with Gasteiger partial charge in [0.2, 0.25) is 11.8 Å². The lowest BCUT2D eigenvalue weighted by Gasteiger charge is -2.28. The molecule has 1 saturated heterocycles. The summed E-state index contributed by atoms with van der Waals surface area (Å²) in [6.07, 6.45) is 2.57. The number of carbonyl (C=O) groups excluding carboxylic acids is 4. The van der Waals surface area contributed by atoms with Crippen molar-refractivity contribution in [2.24, 2.45) is 23.7 Å². The van der Waals surface area contributed by atoms with Crippen molar-refractivity contribution in [2.45, 2.75) is 32.1 Å². The van der Waals surface area contributed by atoms with Gasteiger partial charge in [-0.2, -0.15) is 0 Å². The summed E-state index contributed by atoms with van der Waals surface area (Å²) in [4.78, 5) is 53.5. The lowest BCUT2D eigenvalue weighted by Crippen LogP contribution is -2.33. The fourth-order valence-electron chi connectivity index (χ4n) is 6.92. The molecule has 0 unspecified atom stereocenters. The van der Waals surface area contributed by atoms with Crippen LogP contribution in [-0.2, 0) is 25.5 Å². The number of amides is 3. The maximum Gasteiger partial charge on any atom is 0.338 e. The maximum atomic E-state index is 13.6. The number of hydrogen-bond acceptors (Lipinski definition) is 5. The number of aryl methyl sites for hydroxylation is 1. The van der Waals surface area contributed by atoms with Crippen LogP contribution < -0.4 is 10.2 Å². The SMILES string of the molecule is CCc1ccccc1NC(=O)COC(=O)c1cccc(N2C(=O)[C@@H]3[C@@H]4C[C@@H]([C@@H]3C2=O)[C@@H](c2ccccc2)C4)c1. The Morgan fingerprint density at radius 1 is 0.897 bits per heavy atom. The highest BCUT2D eigenvalue weighted by molar-refractivity contribution is 6.23. The van der Waals surface area contributed by atoms with Gasteiger partial charge in [-0.3, -0.25) is 19.3 Å². The second kappa shape index (κ2) is 10.1. The highest BCUT2D eigenvalue weighted by Crippen LogP contribution is 2.61. The Hall–Kier alpha value is -4.26. The predicted octanol–water partition coefficient (Wildman–Crippen LogP) is 4.97. The first kappa shape index (κ1) is 25.0. The van der Waals surface area contributed by atoms with Crippen molar-refractivity contribution in [2.75, 3.05) is 16.8 Å². The number of nitrogens with zero attached hydrogens (tertiary/aromatic N) is 1. The number of benzene rings is 3. The third-order valence-corrected chi connectivity index (χ3v) is 8.59. The summed E-state index contributed by atoms with van der Waals surface area (Å²) < 4.78 is 5.25. The van der Waals surface area contributed by atoms with Gasteiger partial charge in [0.1, 0.15) is 0 Å². The van der Waals surface area contributed by atoms with E-state index in [9.17, 15) is 19.2 Å². The summed E-state index contributed by atoms with van der Waals surface area (Å²) in [5.74, 6) is -1.50. The largest absolute Gasteiger partial charge is 0.452 e. The Kier molecular flexibility index (Phi) is 6.51. The first-order valence-corrected chi connectivity index (χ1v) is 13.5. The smallest absolute Gasteiger partial charge is 0.338 e. The zero-order valence-electron chi connectivity index (χ0n) is 21.7. The molecule has 3 amide bonds. The third-order valence-electron chi connectivity index (χ3n) is 8.59. The van der Waals surface area contributed by atoms with E-state index in [1.165, 1.54) is 16.5 Å².